The predicted molar refractivity (Wildman–Crippen MR) is 66.7 cm³/mol. The lowest BCUT2D eigenvalue weighted by molar-refractivity contribution is -0.150. The molecule has 1 aliphatic rings. The number of urea groups is 1. The van der Waals surface area contributed by atoms with Crippen molar-refractivity contribution < 1.29 is 33.0 Å². The average Bonchev–Trinajstić information content (AvgIpc) is 2.27. The van der Waals surface area contributed by atoms with Crippen LogP contribution in [-0.2, 0) is 4.79 Å². The molecule has 6 nitrogen and oxygen atoms in total. The van der Waals surface area contributed by atoms with Gasteiger partial charge < -0.3 is 20.0 Å². The number of aliphatic hydroxyl groups is 1. The van der Waals surface area contributed by atoms with Gasteiger partial charge in [0, 0.05) is 19.2 Å². The summed E-state index contributed by atoms with van der Waals surface area (Å²) in [7, 11) is 0. The summed E-state index contributed by atoms with van der Waals surface area (Å²) in [4.78, 5) is 24.4. The number of carboxylic acid groups (broad SMARTS) is 1. The number of hydrogen-bond acceptors (Lipinski definition) is 3. The molecule has 0 aromatic heterocycles. The lowest BCUT2D eigenvalue weighted by Crippen LogP contribution is -2.54. The van der Waals surface area contributed by atoms with Gasteiger partial charge in [0.05, 0.1) is 0 Å². The van der Waals surface area contributed by atoms with Gasteiger partial charge in [-0.05, 0) is 25.7 Å². The van der Waals surface area contributed by atoms with E-state index >= 15 is 0 Å². The zero-order valence-electron chi connectivity index (χ0n) is 11.5. The maximum atomic E-state index is 12.5. The first-order valence-electron chi connectivity index (χ1n) is 6.69. The number of aliphatic hydroxyl groups excluding tert-OH is 1. The Hall–Kier alpha value is -1.51. The van der Waals surface area contributed by atoms with Crippen molar-refractivity contribution in [2.24, 2.45) is 0 Å². The number of carboxylic acids is 1. The minimum absolute atomic E-state index is 0.119. The molecule has 0 atom stereocenters. The molecule has 0 spiro atoms. The van der Waals surface area contributed by atoms with Crippen LogP contribution in [0, 0.1) is 0 Å². The Morgan fingerprint density at radius 2 is 1.86 bits per heavy atom. The Kier molecular flexibility index (Phi) is 6.25. The number of alkyl halides is 3. The molecule has 1 saturated carbocycles. The SMILES string of the molecule is O=C(O)CN(CC(F)(F)F)C(=O)N(CCCO)C1CCC1. The largest absolute Gasteiger partial charge is 0.480 e. The van der Waals surface area contributed by atoms with Crippen LogP contribution in [0.4, 0.5) is 18.0 Å². The summed E-state index contributed by atoms with van der Waals surface area (Å²) in [6.07, 6.45) is -2.16. The molecule has 0 radical (unpaired) electrons. The fourth-order valence-electron chi connectivity index (χ4n) is 2.13. The lowest BCUT2D eigenvalue weighted by Gasteiger charge is -2.40. The highest BCUT2D eigenvalue weighted by Crippen LogP contribution is 2.27. The minimum Gasteiger partial charge on any atom is -0.480 e. The van der Waals surface area contributed by atoms with Crippen LogP contribution in [0.25, 0.3) is 0 Å². The van der Waals surface area contributed by atoms with E-state index in [2.05, 4.69) is 0 Å². The molecule has 0 aliphatic heterocycles. The molecule has 0 aromatic carbocycles. The Bertz CT molecular complexity index is 372. The molecule has 0 bridgehead atoms. The van der Waals surface area contributed by atoms with Gasteiger partial charge >= 0.3 is 18.2 Å². The number of halogens is 3. The fourth-order valence-corrected chi connectivity index (χ4v) is 2.13. The van der Waals surface area contributed by atoms with Crippen LogP contribution in [0.1, 0.15) is 25.7 Å². The summed E-state index contributed by atoms with van der Waals surface area (Å²) in [5.41, 5.74) is 0. The van der Waals surface area contributed by atoms with Crippen molar-refractivity contribution in [1.29, 1.82) is 0 Å². The van der Waals surface area contributed by atoms with Crippen LogP contribution < -0.4 is 0 Å². The van der Waals surface area contributed by atoms with Crippen molar-refractivity contribution in [1.82, 2.24) is 9.80 Å². The van der Waals surface area contributed by atoms with Crippen LogP contribution in [0.3, 0.4) is 0 Å². The molecule has 0 unspecified atom stereocenters. The molecular weight excluding hydrogens is 293 g/mol. The van der Waals surface area contributed by atoms with Gasteiger partial charge in [-0.25, -0.2) is 4.79 Å². The van der Waals surface area contributed by atoms with Crippen LogP contribution >= 0.6 is 0 Å². The first kappa shape index (κ1) is 17.5. The zero-order chi connectivity index (χ0) is 16.0. The maximum Gasteiger partial charge on any atom is 0.406 e. The Morgan fingerprint density at radius 1 is 1.24 bits per heavy atom. The molecule has 0 aromatic rings. The van der Waals surface area contributed by atoms with E-state index in [1.165, 1.54) is 4.90 Å². The second kappa shape index (κ2) is 7.48. The van der Waals surface area contributed by atoms with Gasteiger partial charge in [-0.15, -0.1) is 0 Å². The van der Waals surface area contributed by atoms with Gasteiger partial charge in [0.25, 0.3) is 0 Å². The predicted octanol–water partition coefficient (Wildman–Crippen LogP) is 1.29. The van der Waals surface area contributed by atoms with Gasteiger partial charge in [0.2, 0.25) is 0 Å². The summed E-state index contributed by atoms with van der Waals surface area (Å²) >= 11 is 0. The van der Waals surface area contributed by atoms with Crippen LogP contribution in [0.2, 0.25) is 0 Å². The van der Waals surface area contributed by atoms with E-state index in [9.17, 15) is 22.8 Å². The summed E-state index contributed by atoms with van der Waals surface area (Å²) in [6.45, 7) is -2.66. The normalized spacial score (nSPS) is 15.4. The van der Waals surface area contributed by atoms with E-state index in [-0.39, 0.29) is 30.5 Å². The third kappa shape index (κ3) is 5.78. The number of carbonyl (C=O) groups excluding carboxylic acids is 1. The van der Waals surface area contributed by atoms with Crippen LogP contribution in [0.5, 0.6) is 0 Å². The molecule has 1 rings (SSSR count). The van der Waals surface area contributed by atoms with Gasteiger partial charge in [-0.2, -0.15) is 13.2 Å². The number of carbonyl (C=O) groups is 2. The molecule has 0 saturated heterocycles. The van der Waals surface area contributed by atoms with Crippen molar-refractivity contribution >= 4 is 12.0 Å². The molecule has 0 heterocycles. The standard InChI is InChI=1S/C12H19F3N2O4/c13-12(14,15)8-16(7-10(19)20)11(21)17(5-2-6-18)9-3-1-4-9/h9,18H,1-8H2,(H,19,20). The number of nitrogens with zero attached hydrogens (tertiary/aromatic N) is 2. The van der Waals surface area contributed by atoms with Gasteiger partial charge in [0.1, 0.15) is 13.1 Å². The maximum absolute atomic E-state index is 12.5. The van der Waals surface area contributed by atoms with Crippen molar-refractivity contribution in [2.45, 2.75) is 37.9 Å². The van der Waals surface area contributed by atoms with Crippen LogP contribution in [-0.4, -0.2) is 70.5 Å². The Morgan fingerprint density at radius 3 is 2.24 bits per heavy atom. The molecular formula is C12H19F3N2O4. The monoisotopic (exact) mass is 312 g/mol. The first-order valence-corrected chi connectivity index (χ1v) is 6.69. The summed E-state index contributed by atoms with van der Waals surface area (Å²) in [5.74, 6) is -1.50. The zero-order valence-corrected chi connectivity index (χ0v) is 11.5. The first-order chi connectivity index (χ1) is 9.74. The highest BCUT2D eigenvalue weighted by molar-refractivity contribution is 5.80. The molecule has 1 aliphatic carbocycles. The van der Waals surface area contributed by atoms with Crippen molar-refractivity contribution in [3.63, 3.8) is 0 Å². The van der Waals surface area contributed by atoms with E-state index < -0.39 is 31.3 Å². The molecule has 2 N–H and O–H groups in total. The molecule has 9 heteroatoms. The van der Waals surface area contributed by atoms with E-state index in [1.54, 1.807) is 0 Å². The van der Waals surface area contributed by atoms with Crippen molar-refractivity contribution in [2.75, 3.05) is 26.2 Å². The third-order valence-corrected chi connectivity index (χ3v) is 3.29. The van der Waals surface area contributed by atoms with E-state index in [0.29, 0.717) is 12.8 Å². The molecule has 122 valence electrons. The molecule has 2 amide bonds. The Balaban J connectivity index is 2.79. The minimum atomic E-state index is -4.66. The van der Waals surface area contributed by atoms with Gasteiger partial charge in [-0.1, -0.05) is 0 Å². The third-order valence-electron chi connectivity index (χ3n) is 3.29. The van der Waals surface area contributed by atoms with Crippen molar-refractivity contribution in [3.05, 3.63) is 0 Å². The number of hydrogen-bond donors (Lipinski definition) is 2. The van der Waals surface area contributed by atoms with Gasteiger partial charge in [0.15, 0.2) is 0 Å². The molecule has 1 fully saturated rings. The quantitative estimate of drug-likeness (QED) is 0.742. The highest BCUT2D eigenvalue weighted by Gasteiger charge is 2.38. The number of rotatable bonds is 7. The number of aliphatic carboxylic acids is 1. The van der Waals surface area contributed by atoms with E-state index in [1.807, 2.05) is 0 Å². The summed E-state index contributed by atoms with van der Waals surface area (Å²) in [6, 6.07) is -1.11. The lowest BCUT2D eigenvalue weighted by atomic mass is 9.91. The Labute approximate surface area is 120 Å². The fraction of sp³-hybridized carbons (Fsp3) is 0.833. The smallest absolute Gasteiger partial charge is 0.406 e. The van der Waals surface area contributed by atoms with Crippen molar-refractivity contribution in [3.8, 4) is 0 Å². The van der Waals surface area contributed by atoms with Crippen LogP contribution in [0.15, 0.2) is 0 Å². The van der Waals surface area contributed by atoms with E-state index in [0.717, 1.165) is 6.42 Å². The average molecular weight is 312 g/mol. The second-order valence-electron chi connectivity index (χ2n) is 5.00. The highest BCUT2D eigenvalue weighted by atomic mass is 19.4. The molecule has 21 heavy (non-hydrogen) atoms. The van der Waals surface area contributed by atoms with Gasteiger partial charge in [-0.3, -0.25) is 4.79 Å². The summed E-state index contributed by atoms with van der Waals surface area (Å²) in [5, 5.41) is 17.5. The second-order valence-corrected chi connectivity index (χ2v) is 5.00. The summed E-state index contributed by atoms with van der Waals surface area (Å²) < 4.78 is 37.5. The van der Waals surface area contributed by atoms with E-state index in [4.69, 9.17) is 10.2 Å². The number of amides is 2. The topological polar surface area (TPSA) is 81.1 Å².